The minimum Gasteiger partial charge on any atom is -0.506 e. The molecule has 1 amide bonds. The molecule has 0 bridgehead atoms. The predicted octanol–water partition coefficient (Wildman–Crippen LogP) is 4.25. The van der Waals surface area contributed by atoms with E-state index < -0.39 is 21.7 Å². The van der Waals surface area contributed by atoms with E-state index >= 15 is 0 Å². The average molecular weight is 451 g/mol. The van der Waals surface area contributed by atoms with Gasteiger partial charge >= 0.3 is 0 Å². The van der Waals surface area contributed by atoms with Crippen LogP contribution in [-0.4, -0.2) is 26.5 Å². The molecule has 0 aliphatic heterocycles. The summed E-state index contributed by atoms with van der Waals surface area (Å²) in [6.45, 7) is 0. The van der Waals surface area contributed by atoms with Gasteiger partial charge in [-0.3, -0.25) is 9.52 Å². The fourth-order valence-electron chi connectivity index (χ4n) is 2.58. The number of para-hydroxylation sites is 2. The summed E-state index contributed by atoms with van der Waals surface area (Å²) in [4.78, 5) is 12.2. The molecule has 0 aliphatic rings. The van der Waals surface area contributed by atoms with Crippen molar-refractivity contribution >= 4 is 38.9 Å². The summed E-state index contributed by atoms with van der Waals surface area (Å²) < 4.78 is 46.2. The molecule has 7 nitrogen and oxygen atoms in total. The van der Waals surface area contributed by atoms with Crippen molar-refractivity contribution in [3.8, 4) is 11.5 Å². The number of carbonyl (C=O) groups is 1. The van der Waals surface area contributed by atoms with Gasteiger partial charge < -0.3 is 15.2 Å². The number of halogens is 2. The average Bonchev–Trinajstić information content (AvgIpc) is 2.69. The lowest BCUT2D eigenvalue weighted by molar-refractivity contribution is 0.102. The lowest BCUT2D eigenvalue weighted by Crippen LogP contribution is -2.16. The van der Waals surface area contributed by atoms with Crippen molar-refractivity contribution < 1.29 is 27.4 Å². The first kappa shape index (κ1) is 21.4. The zero-order valence-corrected chi connectivity index (χ0v) is 17.1. The van der Waals surface area contributed by atoms with Crippen LogP contribution < -0.4 is 14.8 Å². The number of hydrogen-bond donors (Lipinski definition) is 3. The van der Waals surface area contributed by atoms with Crippen LogP contribution in [0.5, 0.6) is 11.5 Å². The minimum atomic E-state index is -4.07. The summed E-state index contributed by atoms with van der Waals surface area (Å²) in [6.07, 6.45) is 0. The number of carbonyl (C=O) groups excluding carboxylic acids is 1. The van der Waals surface area contributed by atoms with Gasteiger partial charge in [0.25, 0.3) is 15.9 Å². The quantitative estimate of drug-likeness (QED) is 0.487. The van der Waals surface area contributed by atoms with Gasteiger partial charge in [0, 0.05) is 0 Å². The first-order valence-electron chi connectivity index (χ1n) is 8.46. The Bertz CT molecular complexity index is 1220. The fourth-order valence-corrected chi connectivity index (χ4v) is 3.93. The molecular formula is C20H16ClFN2O5S. The number of ether oxygens (including phenoxy) is 1. The van der Waals surface area contributed by atoms with E-state index in [2.05, 4.69) is 10.0 Å². The zero-order chi connectivity index (χ0) is 21.9. The number of nitrogens with one attached hydrogen (secondary N) is 2. The molecule has 3 rings (SSSR count). The Morgan fingerprint density at radius 2 is 1.80 bits per heavy atom. The van der Waals surface area contributed by atoms with Crippen molar-refractivity contribution in [3.05, 3.63) is 77.1 Å². The second-order valence-corrected chi connectivity index (χ2v) is 8.15. The van der Waals surface area contributed by atoms with Crippen molar-refractivity contribution in [2.45, 2.75) is 4.90 Å². The van der Waals surface area contributed by atoms with Gasteiger partial charge in [0.1, 0.15) is 17.3 Å². The van der Waals surface area contributed by atoms with E-state index in [4.69, 9.17) is 16.3 Å². The van der Waals surface area contributed by atoms with Gasteiger partial charge in [-0.25, -0.2) is 12.8 Å². The maximum absolute atomic E-state index is 13.2. The molecule has 3 N–H and O–H groups in total. The van der Waals surface area contributed by atoms with Crippen LogP contribution in [0.15, 0.2) is 65.6 Å². The van der Waals surface area contributed by atoms with Crippen molar-refractivity contribution in [3.63, 3.8) is 0 Å². The predicted molar refractivity (Wildman–Crippen MR) is 111 cm³/mol. The van der Waals surface area contributed by atoms with E-state index in [1.807, 2.05) is 0 Å². The normalized spacial score (nSPS) is 11.0. The number of phenolic OH excluding ortho intramolecular Hbond substituents is 1. The molecule has 0 atom stereocenters. The van der Waals surface area contributed by atoms with Crippen molar-refractivity contribution in [1.82, 2.24) is 0 Å². The van der Waals surface area contributed by atoms with Crippen LogP contribution in [0.2, 0.25) is 5.02 Å². The van der Waals surface area contributed by atoms with E-state index in [0.29, 0.717) is 5.75 Å². The lowest BCUT2D eigenvalue weighted by atomic mass is 10.2. The Labute approximate surface area is 177 Å². The van der Waals surface area contributed by atoms with Crippen molar-refractivity contribution in [2.24, 2.45) is 0 Å². The molecule has 0 spiro atoms. The third-order valence-corrected chi connectivity index (χ3v) is 5.73. The summed E-state index contributed by atoms with van der Waals surface area (Å²) in [6, 6.07) is 13.0. The molecule has 0 aromatic heterocycles. The van der Waals surface area contributed by atoms with Crippen LogP contribution in [0.4, 0.5) is 15.8 Å². The van der Waals surface area contributed by atoms with Crippen LogP contribution in [0.3, 0.4) is 0 Å². The number of aromatic hydroxyl groups is 1. The smallest absolute Gasteiger partial charge is 0.262 e. The standard InChI is InChI=1S/C20H16ClFN2O5S/c1-29-19-5-3-2-4-16(19)24-30(27,28)13-7-9-18(25)17(11-13)23-20(26)14-8-6-12(22)10-15(14)21/h2-11,24-25H,1H3,(H,23,26). The largest absolute Gasteiger partial charge is 0.506 e. The highest BCUT2D eigenvalue weighted by atomic mass is 35.5. The fraction of sp³-hybridized carbons (Fsp3) is 0.0500. The number of anilines is 2. The van der Waals surface area contributed by atoms with Crippen LogP contribution >= 0.6 is 11.6 Å². The maximum Gasteiger partial charge on any atom is 0.262 e. The summed E-state index contributed by atoms with van der Waals surface area (Å²) in [5.41, 5.74) is 0.0120. The van der Waals surface area contributed by atoms with E-state index in [0.717, 1.165) is 24.3 Å². The SMILES string of the molecule is COc1ccccc1NS(=O)(=O)c1ccc(O)c(NC(=O)c2ccc(F)cc2Cl)c1. The molecule has 0 unspecified atom stereocenters. The minimum absolute atomic E-state index is 0.0436. The first-order chi connectivity index (χ1) is 14.2. The lowest BCUT2D eigenvalue weighted by Gasteiger charge is -2.13. The zero-order valence-electron chi connectivity index (χ0n) is 15.5. The Morgan fingerprint density at radius 1 is 1.07 bits per heavy atom. The van der Waals surface area contributed by atoms with E-state index in [1.54, 1.807) is 18.2 Å². The van der Waals surface area contributed by atoms with Crippen molar-refractivity contribution in [2.75, 3.05) is 17.1 Å². The Balaban J connectivity index is 1.90. The van der Waals surface area contributed by atoms with Crippen LogP contribution in [0, 0.1) is 5.82 Å². The molecule has 10 heteroatoms. The molecular weight excluding hydrogens is 435 g/mol. The highest BCUT2D eigenvalue weighted by Crippen LogP contribution is 2.30. The molecule has 0 heterocycles. The highest BCUT2D eigenvalue weighted by molar-refractivity contribution is 7.92. The number of benzene rings is 3. The maximum atomic E-state index is 13.2. The van der Waals surface area contributed by atoms with E-state index in [9.17, 15) is 22.7 Å². The molecule has 30 heavy (non-hydrogen) atoms. The van der Waals surface area contributed by atoms with Gasteiger partial charge in [0.05, 0.1) is 34.0 Å². The van der Waals surface area contributed by atoms with Crippen LogP contribution in [0.1, 0.15) is 10.4 Å². The molecule has 156 valence electrons. The van der Waals surface area contributed by atoms with Gasteiger partial charge in [-0.2, -0.15) is 0 Å². The number of methoxy groups -OCH3 is 1. The molecule has 3 aromatic rings. The molecule has 3 aromatic carbocycles. The summed E-state index contributed by atoms with van der Waals surface area (Å²) >= 11 is 5.87. The van der Waals surface area contributed by atoms with Gasteiger partial charge in [-0.15, -0.1) is 0 Å². The number of phenols is 1. The number of hydrogen-bond acceptors (Lipinski definition) is 5. The molecule has 0 fully saturated rings. The Hall–Kier alpha value is -3.30. The summed E-state index contributed by atoms with van der Waals surface area (Å²) in [5.74, 6) is -1.41. The monoisotopic (exact) mass is 450 g/mol. The third kappa shape index (κ3) is 4.64. The first-order valence-corrected chi connectivity index (χ1v) is 10.3. The molecule has 0 saturated carbocycles. The second-order valence-electron chi connectivity index (χ2n) is 6.06. The second kappa shape index (κ2) is 8.60. The number of rotatable bonds is 6. The topological polar surface area (TPSA) is 105 Å². The highest BCUT2D eigenvalue weighted by Gasteiger charge is 2.20. The van der Waals surface area contributed by atoms with Crippen LogP contribution in [-0.2, 0) is 10.0 Å². The Kier molecular flexibility index (Phi) is 6.14. The van der Waals surface area contributed by atoms with Crippen molar-refractivity contribution in [1.29, 1.82) is 0 Å². The van der Waals surface area contributed by atoms with Crippen LogP contribution in [0.25, 0.3) is 0 Å². The number of sulfonamides is 1. The van der Waals surface area contributed by atoms with Gasteiger partial charge in [0.15, 0.2) is 0 Å². The third-order valence-electron chi connectivity index (χ3n) is 4.05. The summed E-state index contributed by atoms with van der Waals surface area (Å²) in [5, 5.41) is 12.3. The Morgan fingerprint density at radius 3 is 2.50 bits per heavy atom. The van der Waals surface area contributed by atoms with Gasteiger partial charge in [-0.05, 0) is 48.5 Å². The van der Waals surface area contributed by atoms with Gasteiger partial charge in [0.2, 0.25) is 0 Å². The number of amides is 1. The van der Waals surface area contributed by atoms with E-state index in [-0.39, 0.29) is 32.6 Å². The van der Waals surface area contributed by atoms with E-state index in [1.165, 1.54) is 25.3 Å². The molecule has 0 saturated heterocycles. The van der Waals surface area contributed by atoms with Gasteiger partial charge in [-0.1, -0.05) is 23.7 Å². The summed E-state index contributed by atoms with van der Waals surface area (Å²) in [7, 11) is -2.66. The molecule has 0 aliphatic carbocycles. The molecule has 0 radical (unpaired) electrons.